The topological polar surface area (TPSA) is 63.8 Å². The van der Waals surface area contributed by atoms with Gasteiger partial charge < -0.3 is 9.97 Å². The van der Waals surface area contributed by atoms with Gasteiger partial charge in [-0.3, -0.25) is 9.80 Å². The zero-order valence-electron chi connectivity index (χ0n) is 25.6. The van der Waals surface area contributed by atoms with Crippen molar-refractivity contribution < 1.29 is 8.78 Å². The Labute approximate surface area is 260 Å². The molecular weight excluding hydrogens is 566 g/mol. The lowest BCUT2D eigenvalue weighted by Gasteiger charge is -2.30. The number of rotatable bonds is 4. The van der Waals surface area contributed by atoms with E-state index in [1.54, 1.807) is 18.3 Å². The van der Waals surface area contributed by atoms with Crippen molar-refractivity contribution in [3.05, 3.63) is 83.6 Å². The van der Waals surface area contributed by atoms with E-state index in [2.05, 4.69) is 39.9 Å². The van der Waals surface area contributed by atoms with E-state index in [4.69, 9.17) is 9.97 Å². The summed E-state index contributed by atoms with van der Waals surface area (Å²) in [5, 5.41) is 0. The minimum Gasteiger partial charge on any atom is -0.341 e. The second kappa shape index (κ2) is 8.89. The van der Waals surface area contributed by atoms with Crippen LogP contribution >= 0.6 is 0 Å². The molecule has 3 aliphatic carbocycles. The Hall–Kier alpha value is -3.88. The molecule has 5 aliphatic rings. The van der Waals surface area contributed by atoms with Crippen LogP contribution in [0.2, 0.25) is 0 Å². The highest BCUT2D eigenvalue weighted by Gasteiger charge is 2.52. The van der Waals surface area contributed by atoms with Crippen LogP contribution in [0.25, 0.3) is 44.5 Å². The van der Waals surface area contributed by atoms with Crippen LogP contribution < -0.4 is 0 Å². The number of aromatic amines is 2. The number of nitrogens with zero attached hydrogens (tertiary/aromatic N) is 4. The van der Waals surface area contributed by atoms with Crippen molar-refractivity contribution in [2.45, 2.75) is 62.6 Å². The molecule has 2 N–H and O–H groups in total. The van der Waals surface area contributed by atoms with Gasteiger partial charge in [0.2, 0.25) is 0 Å². The van der Waals surface area contributed by atoms with E-state index in [9.17, 15) is 0 Å². The number of likely N-dealkylation sites (tertiary alicyclic amines) is 2. The van der Waals surface area contributed by atoms with Crippen molar-refractivity contribution in [3.8, 4) is 33.5 Å². The zero-order valence-corrected chi connectivity index (χ0v) is 25.6. The molecular formula is C37H36F2N6. The summed E-state index contributed by atoms with van der Waals surface area (Å²) in [5.41, 5.74) is 6.87. The molecule has 228 valence electrons. The number of imidazole rings is 2. The first-order valence-electron chi connectivity index (χ1n) is 16.4. The normalized spacial score (nSPS) is 27.6. The van der Waals surface area contributed by atoms with Crippen molar-refractivity contribution in [1.29, 1.82) is 0 Å². The monoisotopic (exact) mass is 602 g/mol. The Morgan fingerprint density at radius 2 is 1.58 bits per heavy atom. The van der Waals surface area contributed by atoms with E-state index in [1.165, 1.54) is 32.1 Å². The predicted molar refractivity (Wildman–Crippen MR) is 171 cm³/mol. The van der Waals surface area contributed by atoms with Gasteiger partial charge in [0.15, 0.2) is 0 Å². The number of hydrogen-bond acceptors (Lipinski definition) is 4. The average molecular weight is 603 g/mol. The number of nitrogens with one attached hydrogen (secondary N) is 2. The maximum Gasteiger partial charge on any atom is 0.299 e. The smallest absolute Gasteiger partial charge is 0.299 e. The van der Waals surface area contributed by atoms with Crippen molar-refractivity contribution in [1.82, 2.24) is 29.7 Å². The van der Waals surface area contributed by atoms with Gasteiger partial charge in [-0.15, -0.1) is 0 Å². The molecule has 2 saturated heterocycles. The highest BCUT2D eigenvalue weighted by Crippen LogP contribution is 2.58. The van der Waals surface area contributed by atoms with Gasteiger partial charge >= 0.3 is 0 Å². The molecule has 3 aromatic carbocycles. The molecule has 2 bridgehead atoms. The number of fused-ring (bicyclic) bond motifs is 6. The molecule has 2 saturated carbocycles. The van der Waals surface area contributed by atoms with Crippen LogP contribution in [0.5, 0.6) is 0 Å². The predicted octanol–water partition coefficient (Wildman–Crippen LogP) is 8.05. The van der Waals surface area contributed by atoms with E-state index >= 15 is 8.78 Å². The molecule has 4 fully saturated rings. The standard InChI is InChI=1S/C37H36F2N6/c1-44-19-36(11-12-36)17-32(44)34-40-18-31(43-34)22-5-9-26-25-8-4-20(14-27(25)37(38,39)28(26)15-22)21-6-10-29-30(16-21)42-35(41-29)33-23-3-7-24(13-23)45(33)2/h4-6,8-10,14-16,18,23-24,32-33H,3,7,11-13,17,19H2,1-2H3,(H,40,43)(H,41,42)/t23-,24+,32-,33-/m0/s1. The van der Waals surface area contributed by atoms with Gasteiger partial charge in [-0.25, -0.2) is 9.97 Å². The first-order chi connectivity index (χ1) is 21.8. The highest BCUT2D eigenvalue weighted by atomic mass is 19.3. The van der Waals surface area contributed by atoms with Crippen LogP contribution in [0.15, 0.2) is 60.8 Å². The molecule has 4 atom stereocenters. The third-order valence-electron chi connectivity index (χ3n) is 11.9. The van der Waals surface area contributed by atoms with E-state index < -0.39 is 5.92 Å². The minimum atomic E-state index is -3.10. The quantitative estimate of drug-likeness (QED) is 0.219. The second-order valence-corrected chi connectivity index (χ2v) is 14.6. The number of piperidine rings is 1. The van der Waals surface area contributed by atoms with E-state index in [-0.39, 0.29) is 17.2 Å². The van der Waals surface area contributed by atoms with Crippen molar-refractivity contribution >= 4 is 11.0 Å². The molecule has 5 aromatic rings. The summed E-state index contributed by atoms with van der Waals surface area (Å²) in [4.78, 5) is 21.6. The van der Waals surface area contributed by atoms with Crippen LogP contribution in [-0.2, 0) is 5.92 Å². The largest absolute Gasteiger partial charge is 0.341 e. The summed E-state index contributed by atoms with van der Waals surface area (Å²) in [6.07, 6.45) is 9.29. The fourth-order valence-corrected chi connectivity index (χ4v) is 9.31. The Bertz CT molecular complexity index is 2020. The summed E-state index contributed by atoms with van der Waals surface area (Å²) in [6, 6.07) is 18.2. The highest BCUT2D eigenvalue weighted by molar-refractivity contribution is 5.86. The molecule has 0 radical (unpaired) electrons. The van der Waals surface area contributed by atoms with Gasteiger partial charge in [-0.2, -0.15) is 8.78 Å². The van der Waals surface area contributed by atoms with Gasteiger partial charge in [0.1, 0.15) is 11.6 Å². The Balaban J connectivity index is 0.954. The molecule has 10 rings (SSSR count). The lowest BCUT2D eigenvalue weighted by molar-refractivity contribution is 0.0481. The minimum absolute atomic E-state index is 0.0573. The Kier molecular flexibility index (Phi) is 5.20. The van der Waals surface area contributed by atoms with Crippen molar-refractivity contribution in [2.75, 3.05) is 20.6 Å². The van der Waals surface area contributed by atoms with Gasteiger partial charge in [0.25, 0.3) is 5.92 Å². The zero-order chi connectivity index (χ0) is 30.2. The van der Waals surface area contributed by atoms with Gasteiger partial charge in [0, 0.05) is 29.3 Å². The average Bonchev–Trinajstić information content (AvgIpc) is 3.65. The van der Waals surface area contributed by atoms with Crippen LogP contribution in [0, 0.1) is 11.3 Å². The number of halogens is 2. The lowest BCUT2D eigenvalue weighted by atomic mass is 9.98. The summed E-state index contributed by atoms with van der Waals surface area (Å²) in [5.74, 6) is -0.489. The molecule has 8 heteroatoms. The van der Waals surface area contributed by atoms with Crippen LogP contribution in [-0.4, -0.2) is 56.4 Å². The molecule has 2 aliphatic heterocycles. The molecule has 1 spiro atoms. The lowest BCUT2D eigenvalue weighted by Crippen LogP contribution is -2.31. The van der Waals surface area contributed by atoms with Gasteiger partial charge in [-0.1, -0.05) is 30.3 Å². The molecule has 2 aromatic heterocycles. The Morgan fingerprint density at radius 3 is 2.31 bits per heavy atom. The van der Waals surface area contributed by atoms with Gasteiger partial charge in [-0.05, 0) is 110 Å². The number of aromatic nitrogens is 4. The molecule has 0 unspecified atom stereocenters. The van der Waals surface area contributed by atoms with Crippen LogP contribution in [0.4, 0.5) is 8.78 Å². The van der Waals surface area contributed by atoms with Crippen LogP contribution in [0.1, 0.15) is 73.4 Å². The first-order valence-corrected chi connectivity index (χ1v) is 16.4. The number of benzene rings is 3. The summed E-state index contributed by atoms with van der Waals surface area (Å²) < 4.78 is 32.4. The summed E-state index contributed by atoms with van der Waals surface area (Å²) in [6.45, 7) is 1.11. The van der Waals surface area contributed by atoms with E-state index in [0.29, 0.717) is 34.5 Å². The van der Waals surface area contributed by atoms with E-state index in [1.807, 2.05) is 36.4 Å². The molecule has 6 nitrogen and oxygen atoms in total. The van der Waals surface area contributed by atoms with Gasteiger partial charge in [0.05, 0.1) is 35.0 Å². The third-order valence-corrected chi connectivity index (χ3v) is 11.9. The Morgan fingerprint density at radius 1 is 0.844 bits per heavy atom. The number of hydrogen-bond donors (Lipinski definition) is 2. The summed E-state index contributed by atoms with van der Waals surface area (Å²) >= 11 is 0. The molecule has 4 heterocycles. The number of alkyl halides is 2. The fourth-order valence-electron chi connectivity index (χ4n) is 9.31. The van der Waals surface area contributed by atoms with E-state index in [0.717, 1.165) is 58.0 Å². The second-order valence-electron chi connectivity index (χ2n) is 14.6. The SMILES string of the molecule is CN1CC2(CC2)C[C@H]1c1ncc(-c2ccc3c(c2)C(F)(F)c2cc(-c4ccc5nc([C@@H]6[C@H]7CC[C@H](C7)N6C)[nH]c5c4)ccc2-3)[nH]1. The fraction of sp³-hybridized carbons (Fsp3) is 0.405. The van der Waals surface area contributed by atoms with Crippen molar-refractivity contribution in [3.63, 3.8) is 0 Å². The maximum absolute atomic E-state index is 16.2. The van der Waals surface area contributed by atoms with Crippen LogP contribution in [0.3, 0.4) is 0 Å². The molecule has 0 amide bonds. The maximum atomic E-state index is 16.2. The molecule has 45 heavy (non-hydrogen) atoms. The number of H-pyrrole nitrogens is 2. The third kappa shape index (κ3) is 3.78. The first kappa shape index (κ1) is 26.3. The summed E-state index contributed by atoms with van der Waals surface area (Å²) in [7, 11) is 4.37. The van der Waals surface area contributed by atoms with Crippen molar-refractivity contribution in [2.24, 2.45) is 11.3 Å².